The van der Waals surface area contributed by atoms with Gasteiger partial charge in [0.2, 0.25) is 0 Å². The van der Waals surface area contributed by atoms with Crippen LogP contribution >= 0.6 is 23.2 Å². The lowest BCUT2D eigenvalue weighted by Crippen LogP contribution is -2.23. The van der Waals surface area contributed by atoms with E-state index < -0.39 is 0 Å². The second-order valence-corrected chi connectivity index (χ2v) is 5.55. The molecule has 88 valence electrons. The number of nitrogens with one attached hydrogen (secondary N) is 1. The van der Waals surface area contributed by atoms with Crippen molar-refractivity contribution in [3.05, 3.63) is 28.2 Å². The van der Waals surface area contributed by atoms with E-state index in [1.165, 1.54) is 25.7 Å². The van der Waals surface area contributed by atoms with Gasteiger partial charge in [-0.25, -0.2) is 0 Å². The molecule has 3 heteroatoms. The molecule has 1 aromatic carbocycles. The Bertz CT molecular complexity index is 361. The molecule has 0 heterocycles. The van der Waals surface area contributed by atoms with E-state index >= 15 is 0 Å². The zero-order valence-corrected chi connectivity index (χ0v) is 11.0. The van der Waals surface area contributed by atoms with Gasteiger partial charge >= 0.3 is 0 Å². The molecule has 0 aromatic heterocycles. The highest BCUT2D eigenvalue weighted by Gasteiger charge is 2.20. The average molecular weight is 258 g/mol. The fraction of sp³-hybridized carbons (Fsp3) is 0.538. The van der Waals surface area contributed by atoms with Crippen molar-refractivity contribution < 1.29 is 0 Å². The zero-order valence-electron chi connectivity index (χ0n) is 9.47. The molecule has 0 bridgehead atoms. The molecule has 1 aliphatic carbocycles. The zero-order chi connectivity index (χ0) is 11.5. The summed E-state index contributed by atoms with van der Waals surface area (Å²) in [6, 6.07) is 6.00. The van der Waals surface area contributed by atoms with Crippen LogP contribution in [0.5, 0.6) is 0 Å². The van der Waals surface area contributed by atoms with Gasteiger partial charge in [-0.15, -0.1) is 0 Å². The highest BCUT2D eigenvalue weighted by Crippen LogP contribution is 2.32. The maximum absolute atomic E-state index is 6.10. The first-order valence-electron chi connectivity index (χ1n) is 5.87. The summed E-state index contributed by atoms with van der Waals surface area (Å²) in [5, 5.41) is 4.90. The highest BCUT2D eigenvalue weighted by atomic mass is 35.5. The molecule has 0 aliphatic heterocycles. The van der Waals surface area contributed by atoms with Crippen molar-refractivity contribution in [1.29, 1.82) is 0 Å². The van der Waals surface area contributed by atoms with Gasteiger partial charge in [-0.2, -0.15) is 0 Å². The molecule has 16 heavy (non-hydrogen) atoms. The Morgan fingerprint density at radius 2 is 2.12 bits per heavy atom. The Morgan fingerprint density at radius 3 is 2.75 bits per heavy atom. The molecule has 1 N–H and O–H groups in total. The minimum absolute atomic E-state index is 0.460. The van der Waals surface area contributed by atoms with Gasteiger partial charge in [-0.3, -0.25) is 0 Å². The number of halogens is 2. The van der Waals surface area contributed by atoms with Crippen LogP contribution in [-0.4, -0.2) is 6.04 Å². The van der Waals surface area contributed by atoms with E-state index in [0.717, 1.165) is 21.7 Å². The second-order valence-electron chi connectivity index (χ2n) is 4.70. The van der Waals surface area contributed by atoms with Crippen molar-refractivity contribution in [2.24, 2.45) is 5.92 Å². The Labute approximate surface area is 107 Å². The summed E-state index contributed by atoms with van der Waals surface area (Å²) in [5.74, 6) is 0.903. The molecule has 1 atom stereocenters. The van der Waals surface area contributed by atoms with E-state index in [-0.39, 0.29) is 0 Å². The summed E-state index contributed by atoms with van der Waals surface area (Å²) in [7, 11) is 0. The van der Waals surface area contributed by atoms with Crippen molar-refractivity contribution in [2.75, 3.05) is 5.32 Å². The molecule has 0 saturated heterocycles. The predicted octanol–water partition coefficient (Wildman–Crippen LogP) is 4.98. The molecule has 1 saturated carbocycles. The fourth-order valence-electron chi connectivity index (χ4n) is 2.16. The smallest absolute Gasteiger partial charge is 0.0638 e. The molecule has 1 nitrogen and oxygen atoms in total. The number of hydrogen-bond donors (Lipinski definition) is 1. The lowest BCUT2D eigenvalue weighted by molar-refractivity contribution is 0.286. The van der Waals surface area contributed by atoms with Gasteiger partial charge < -0.3 is 5.32 Å². The van der Waals surface area contributed by atoms with Crippen molar-refractivity contribution in [3.63, 3.8) is 0 Å². The molecule has 0 radical (unpaired) electrons. The Morgan fingerprint density at radius 1 is 1.38 bits per heavy atom. The summed E-state index contributed by atoms with van der Waals surface area (Å²) >= 11 is 12.0. The first kappa shape index (κ1) is 12.1. The highest BCUT2D eigenvalue weighted by molar-refractivity contribution is 6.35. The SMILES string of the molecule is CC(CC1CCC1)Nc1cc(Cl)ccc1Cl. The van der Waals surface area contributed by atoms with E-state index in [0.29, 0.717) is 6.04 Å². The molecule has 1 fully saturated rings. The quantitative estimate of drug-likeness (QED) is 0.802. The van der Waals surface area contributed by atoms with Crippen LogP contribution in [-0.2, 0) is 0 Å². The van der Waals surface area contributed by atoms with Crippen LogP contribution in [0.15, 0.2) is 18.2 Å². The third-order valence-corrected chi connectivity index (χ3v) is 3.81. The van der Waals surface area contributed by atoms with Crippen LogP contribution in [0.1, 0.15) is 32.6 Å². The van der Waals surface area contributed by atoms with Crippen molar-refractivity contribution in [2.45, 2.75) is 38.6 Å². The standard InChI is InChI=1S/C13H17Cl2N/c1-9(7-10-3-2-4-10)16-13-8-11(14)5-6-12(13)15/h5-6,8-10,16H,2-4,7H2,1H3. The molecule has 2 rings (SSSR count). The number of benzene rings is 1. The van der Waals surface area contributed by atoms with Gasteiger partial charge in [0, 0.05) is 11.1 Å². The van der Waals surface area contributed by atoms with E-state index in [1.807, 2.05) is 18.2 Å². The van der Waals surface area contributed by atoms with Crippen LogP contribution in [0.3, 0.4) is 0 Å². The van der Waals surface area contributed by atoms with Crippen LogP contribution < -0.4 is 5.32 Å². The number of anilines is 1. The Kier molecular flexibility index (Phi) is 3.99. The van der Waals surface area contributed by atoms with Gasteiger partial charge in [0.05, 0.1) is 10.7 Å². The van der Waals surface area contributed by atoms with Crippen molar-refractivity contribution in [1.82, 2.24) is 0 Å². The minimum Gasteiger partial charge on any atom is -0.381 e. The maximum atomic E-state index is 6.10. The number of rotatable bonds is 4. The topological polar surface area (TPSA) is 12.0 Å². The van der Waals surface area contributed by atoms with Crippen LogP contribution in [0.25, 0.3) is 0 Å². The fourth-order valence-corrected chi connectivity index (χ4v) is 2.51. The summed E-state index contributed by atoms with van der Waals surface area (Å²) in [5.41, 5.74) is 0.945. The first-order valence-corrected chi connectivity index (χ1v) is 6.62. The third-order valence-electron chi connectivity index (χ3n) is 3.24. The molecule has 0 spiro atoms. The normalized spacial score (nSPS) is 17.9. The van der Waals surface area contributed by atoms with Gasteiger partial charge in [0.25, 0.3) is 0 Å². The van der Waals surface area contributed by atoms with Crippen LogP contribution in [0.4, 0.5) is 5.69 Å². The lowest BCUT2D eigenvalue weighted by atomic mass is 9.81. The Balaban J connectivity index is 1.93. The van der Waals surface area contributed by atoms with E-state index in [2.05, 4.69) is 12.2 Å². The number of hydrogen-bond acceptors (Lipinski definition) is 1. The van der Waals surface area contributed by atoms with Gasteiger partial charge in [0.1, 0.15) is 0 Å². The maximum Gasteiger partial charge on any atom is 0.0638 e. The summed E-state index contributed by atoms with van der Waals surface area (Å²) in [4.78, 5) is 0. The molecular formula is C13H17Cl2N. The van der Waals surface area contributed by atoms with Gasteiger partial charge in [-0.05, 0) is 37.5 Å². The molecule has 1 aromatic rings. The van der Waals surface area contributed by atoms with Gasteiger partial charge in [-0.1, -0.05) is 42.5 Å². The summed E-state index contributed by atoms with van der Waals surface area (Å²) in [6.45, 7) is 2.20. The second kappa shape index (κ2) is 5.29. The summed E-state index contributed by atoms with van der Waals surface area (Å²) < 4.78 is 0. The van der Waals surface area contributed by atoms with Crippen molar-refractivity contribution in [3.8, 4) is 0 Å². The monoisotopic (exact) mass is 257 g/mol. The minimum atomic E-state index is 0.460. The molecule has 0 amide bonds. The van der Waals surface area contributed by atoms with E-state index in [4.69, 9.17) is 23.2 Å². The first-order chi connectivity index (χ1) is 7.65. The predicted molar refractivity (Wildman–Crippen MR) is 71.5 cm³/mol. The van der Waals surface area contributed by atoms with Crippen LogP contribution in [0, 0.1) is 5.92 Å². The average Bonchev–Trinajstić information content (AvgIpc) is 2.18. The van der Waals surface area contributed by atoms with E-state index in [1.54, 1.807) is 0 Å². The summed E-state index contributed by atoms with van der Waals surface area (Å²) in [6.07, 6.45) is 5.39. The van der Waals surface area contributed by atoms with Crippen LogP contribution in [0.2, 0.25) is 10.0 Å². The Hall–Kier alpha value is -0.400. The van der Waals surface area contributed by atoms with Crippen molar-refractivity contribution >= 4 is 28.9 Å². The largest absolute Gasteiger partial charge is 0.381 e. The molecule has 1 aliphatic rings. The molecular weight excluding hydrogens is 241 g/mol. The lowest BCUT2D eigenvalue weighted by Gasteiger charge is -2.29. The molecule has 1 unspecified atom stereocenters. The van der Waals surface area contributed by atoms with Gasteiger partial charge in [0.15, 0.2) is 0 Å². The van der Waals surface area contributed by atoms with E-state index in [9.17, 15) is 0 Å². The third kappa shape index (κ3) is 3.05.